The van der Waals surface area contributed by atoms with Gasteiger partial charge in [-0.25, -0.2) is 13.2 Å². The zero-order valence-electron chi connectivity index (χ0n) is 12.5. The molecule has 0 saturated carbocycles. The average molecular weight is 314 g/mol. The Bertz CT molecular complexity index is 555. The van der Waals surface area contributed by atoms with Crippen LogP contribution in [0.15, 0.2) is 29.2 Å². The number of urea groups is 1. The van der Waals surface area contributed by atoms with Crippen molar-refractivity contribution in [3.05, 3.63) is 29.8 Å². The summed E-state index contributed by atoms with van der Waals surface area (Å²) < 4.78 is 27.6. The number of benzene rings is 1. The number of nitrogens with one attached hydrogen (secondary N) is 2. The maximum Gasteiger partial charge on any atom is 0.315 e. The Kier molecular flexibility index (Phi) is 6.64. The van der Waals surface area contributed by atoms with Crippen LogP contribution in [-0.2, 0) is 14.6 Å². The maximum atomic E-state index is 11.7. The average Bonchev–Trinajstić information content (AvgIpc) is 2.43. The van der Waals surface area contributed by atoms with Crippen LogP contribution in [0.25, 0.3) is 0 Å². The predicted octanol–water partition coefficient (Wildman–Crippen LogP) is 1.49. The van der Waals surface area contributed by atoms with E-state index in [2.05, 4.69) is 10.6 Å². The van der Waals surface area contributed by atoms with Crippen LogP contribution in [0.5, 0.6) is 0 Å². The van der Waals surface area contributed by atoms with E-state index in [4.69, 9.17) is 4.74 Å². The first-order valence-electron chi connectivity index (χ1n) is 6.68. The van der Waals surface area contributed by atoms with Crippen molar-refractivity contribution in [3.8, 4) is 0 Å². The van der Waals surface area contributed by atoms with Gasteiger partial charge in [0.15, 0.2) is 9.84 Å². The fourth-order valence-electron chi connectivity index (χ4n) is 1.75. The minimum Gasteiger partial charge on any atom is -0.385 e. The molecule has 7 heteroatoms. The molecule has 0 aromatic heterocycles. The Hall–Kier alpha value is -1.60. The number of ether oxygens (including phenoxy) is 1. The summed E-state index contributed by atoms with van der Waals surface area (Å²) in [7, 11) is -1.58. The lowest BCUT2D eigenvalue weighted by atomic mass is 10.1. The molecule has 118 valence electrons. The first-order valence-corrected chi connectivity index (χ1v) is 8.57. The van der Waals surface area contributed by atoms with Crippen LogP contribution in [0.1, 0.15) is 24.9 Å². The Morgan fingerprint density at radius 1 is 1.29 bits per heavy atom. The molecular formula is C14H22N2O4S. The van der Waals surface area contributed by atoms with E-state index >= 15 is 0 Å². The van der Waals surface area contributed by atoms with Crippen LogP contribution >= 0.6 is 0 Å². The van der Waals surface area contributed by atoms with E-state index in [0.717, 1.165) is 18.2 Å². The van der Waals surface area contributed by atoms with Crippen molar-refractivity contribution in [2.75, 3.05) is 26.5 Å². The van der Waals surface area contributed by atoms with Crippen LogP contribution in [0.2, 0.25) is 0 Å². The number of amides is 2. The standard InChI is InChI=1S/C14H22N2O4S/c1-11(16-14(17)15-9-4-10-20-2)12-5-7-13(8-6-12)21(3,18)19/h5-8,11H,4,9-10H2,1-3H3,(H2,15,16,17). The van der Waals surface area contributed by atoms with Crippen molar-refractivity contribution in [2.45, 2.75) is 24.3 Å². The summed E-state index contributed by atoms with van der Waals surface area (Å²) in [5.74, 6) is 0. The van der Waals surface area contributed by atoms with Gasteiger partial charge in [-0.15, -0.1) is 0 Å². The van der Waals surface area contributed by atoms with Gasteiger partial charge in [-0.2, -0.15) is 0 Å². The highest BCUT2D eigenvalue weighted by Gasteiger charge is 2.11. The van der Waals surface area contributed by atoms with Crippen molar-refractivity contribution in [1.29, 1.82) is 0 Å². The van der Waals surface area contributed by atoms with Crippen molar-refractivity contribution in [2.24, 2.45) is 0 Å². The molecule has 0 radical (unpaired) electrons. The number of rotatable bonds is 7. The highest BCUT2D eigenvalue weighted by atomic mass is 32.2. The number of hydrogen-bond acceptors (Lipinski definition) is 4. The quantitative estimate of drug-likeness (QED) is 0.747. The minimum absolute atomic E-state index is 0.207. The van der Waals surface area contributed by atoms with Gasteiger partial charge in [0.05, 0.1) is 10.9 Å². The fraction of sp³-hybridized carbons (Fsp3) is 0.500. The lowest BCUT2D eigenvalue weighted by Crippen LogP contribution is -2.37. The second-order valence-electron chi connectivity index (χ2n) is 4.81. The number of hydrogen-bond donors (Lipinski definition) is 2. The second-order valence-corrected chi connectivity index (χ2v) is 6.83. The summed E-state index contributed by atoms with van der Waals surface area (Å²) >= 11 is 0. The molecule has 1 aromatic rings. The molecule has 0 aliphatic heterocycles. The van der Waals surface area contributed by atoms with Crippen LogP contribution in [0, 0.1) is 0 Å². The second kappa shape index (κ2) is 7.99. The van der Waals surface area contributed by atoms with Gasteiger partial charge in [0.25, 0.3) is 0 Å². The zero-order chi connectivity index (χ0) is 15.9. The number of sulfone groups is 1. The van der Waals surface area contributed by atoms with Crippen LogP contribution in [0.3, 0.4) is 0 Å². The number of methoxy groups -OCH3 is 1. The highest BCUT2D eigenvalue weighted by molar-refractivity contribution is 7.90. The highest BCUT2D eigenvalue weighted by Crippen LogP contribution is 2.16. The molecule has 2 N–H and O–H groups in total. The molecule has 1 unspecified atom stereocenters. The van der Waals surface area contributed by atoms with Crippen LogP contribution < -0.4 is 10.6 Å². The summed E-state index contributed by atoms with van der Waals surface area (Å²) in [6, 6.07) is 6.02. The summed E-state index contributed by atoms with van der Waals surface area (Å²) in [5.41, 5.74) is 0.842. The molecule has 6 nitrogen and oxygen atoms in total. The van der Waals surface area contributed by atoms with Gasteiger partial charge in [0, 0.05) is 26.5 Å². The minimum atomic E-state index is -3.20. The molecule has 0 spiro atoms. The van der Waals surface area contributed by atoms with E-state index in [1.54, 1.807) is 31.4 Å². The first kappa shape index (κ1) is 17.5. The molecule has 0 fully saturated rings. The van der Waals surface area contributed by atoms with E-state index in [0.29, 0.717) is 13.2 Å². The summed E-state index contributed by atoms with van der Waals surface area (Å²) in [6.45, 7) is 2.98. The van der Waals surface area contributed by atoms with Crippen LogP contribution in [-0.4, -0.2) is 41.0 Å². The molecule has 0 heterocycles. The van der Waals surface area contributed by atoms with Gasteiger partial charge >= 0.3 is 6.03 Å². The smallest absolute Gasteiger partial charge is 0.315 e. The molecule has 1 atom stereocenters. The molecule has 21 heavy (non-hydrogen) atoms. The van der Waals surface area contributed by atoms with Gasteiger partial charge < -0.3 is 15.4 Å². The lowest BCUT2D eigenvalue weighted by Gasteiger charge is -2.15. The molecule has 1 rings (SSSR count). The van der Waals surface area contributed by atoms with Gasteiger partial charge in [-0.3, -0.25) is 0 Å². The lowest BCUT2D eigenvalue weighted by molar-refractivity contribution is 0.193. The molecule has 1 aromatic carbocycles. The molecule has 0 aliphatic carbocycles. The predicted molar refractivity (Wildman–Crippen MR) is 81.0 cm³/mol. The molecule has 0 bridgehead atoms. The van der Waals surface area contributed by atoms with Crippen molar-refractivity contribution < 1.29 is 17.9 Å². The molecule has 0 aliphatic rings. The summed E-state index contributed by atoms with van der Waals surface area (Å²) in [6.07, 6.45) is 1.92. The molecular weight excluding hydrogens is 292 g/mol. The summed E-state index contributed by atoms with van der Waals surface area (Å²) in [4.78, 5) is 11.9. The van der Waals surface area contributed by atoms with E-state index in [9.17, 15) is 13.2 Å². The van der Waals surface area contributed by atoms with E-state index in [1.807, 2.05) is 6.92 Å². The van der Waals surface area contributed by atoms with E-state index in [-0.39, 0.29) is 17.0 Å². The Morgan fingerprint density at radius 2 is 1.90 bits per heavy atom. The normalized spacial score (nSPS) is 12.7. The fourth-order valence-corrected chi connectivity index (χ4v) is 2.38. The number of carbonyl (C=O) groups is 1. The van der Waals surface area contributed by atoms with Crippen molar-refractivity contribution in [1.82, 2.24) is 10.6 Å². The Morgan fingerprint density at radius 3 is 2.43 bits per heavy atom. The first-order chi connectivity index (χ1) is 9.84. The van der Waals surface area contributed by atoms with Gasteiger partial charge in [-0.1, -0.05) is 12.1 Å². The third kappa shape index (κ3) is 6.14. The SMILES string of the molecule is COCCCNC(=O)NC(C)c1ccc(S(C)(=O)=O)cc1. The van der Waals surface area contributed by atoms with Gasteiger partial charge in [0.2, 0.25) is 0 Å². The maximum absolute atomic E-state index is 11.7. The van der Waals surface area contributed by atoms with Gasteiger partial charge in [-0.05, 0) is 31.0 Å². The van der Waals surface area contributed by atoms with Crippen LogP contribution in [0.4, 0.5) is 4.79 Å². The van der Waals surface area contributed by atoms with E-state index in [1.165, 1.54) is 0 Å². The Labute approximate surface area is 125 Å². The van der Waals surface area contributed by atoms with Crippen molar-refractivity contribution in [3.63, 3.8) is 0 Å². The third-order valence-corrected chi connectivity index (χ3v) is 4.10. The Balaban J connectivity index is 2.52. The topological polar surface area (TPSA) is 84.5 Å². The summed E-state index contributed by atoms with van der Waals surface area (Å²) in [5, 5.41) is 5.52. The zero-order valence-corrected chi connectivity index (χ0v) is 13.4. The van der Waals surface area contributed by atoms with Crippen molar-refractivity contribution >= 4 is 15.9 Å². The van der Waals surface area contributed by atoms with Gasteiger partial charge in [0.1, 0.15) is 0 Å². The number of carbonyl (C=O) groups excluding carboxylic acids is 1. The monoisotopic (exact) mass is 314 g/mol. The molecule has 2 amide bonds. The largest absolute Gasteiger partial charge is 0.385 e. The third-order valence-electron chi connectivity index (χ3n) is 2.97. The van der Waals surface area contributed by atoms with E-state index < -0.39 is 9.84 Å². The molecule has 0 saturated heterocycles.